The minimum absolute atomic E-state index is 0.0212. The van der Waals surface area contributed by atoms with Crippen LogP contribution in [-0.4, -0.2) is 16.9 Å². The molecule has 1 aromatic carbocycles. The third-order valence-electron chi connectivity index (χ3n) is 3.29. The number of halogens is 1. The first kappa shape index (κ1) is 14.5. The molecule has 0 aliphatic carbocycles. The summed E-state index contributed by atoms with van der Waals surface area (Å²) in [6, 6.07) is 6.01. The standard InChI is InChI=1S/C16H11FO4S/c17-10-1-2-11-12(7-21-14(11)6-10)9-5-15(22-8-9)13(18)3-4-16(19)20/h1-2,5-8H,3-4H2,(H,19,20). The van der Waals surface area contributed by atoms with Crippen molar-refractivity contribution in [3.05, 3.63) is 46.6 Å². The van der Waals surface area contributed by atoms with Crippen molar-refractivity contribution in [1.29, 1.82) is 0 Å². The summed E-state index contributed by atoms with van der Waals surface area (Å²) in [5.41, 5.74) is 2.03. The van der Waals surface area contributed by atoms with Gasteiger partial charge in [-0.2, -0.15) is 0 Å². The first-order valence-electron chi connectivity index (χ1n) is 6.55. The fourth-order valence-corrected chi connectivity index (χ4v) is 3.07. The summed E-state index contributed by atoms with van der Waals surface area (Å²) in [4.78, 5) is 22.9. The number of carbonyl (C=O) groups excluding carboxylic acids is 1. The van der Waals surface area contributed by atoms with Crippen LogP contribution in [0.4, 0.5) is 4.39 Å². The van der Waals surface area contributed by atoms with Crippen LogP contribution in [0.25, 0.3) is 22.1 Å². The highest BCUT2D eigenvalue weighted by Crippen LogP contribution is 2.34. The maximum Gasteiger partial charge on any atom is 0.303 e. The maximum atomic E-state index is 13.2. The van der Waals surface area contributed by atoms with Gasteiger partial charge in [-0.15, -0.1) is 11.3 Å². The number of hydrogen-bond acceptors (Lipinski definition) is 4. The highest BCUT2D eigenvalue weighted by atomic mass is 32.1. The number of furan rings is 1. The highest BCUT2D eigenvalue weighted by molar-refractivity contribution is 7.12. The molecule has 2 aromatic heterocycles. The second-order valence-electron chi connectivity index (χ2n) is 4.81. The fraction of sp³-hybridized carbons (Fsp3) is 0.125. The van der Waals surface area contributed by atoms with Gasteiger partial charge in [0.2, 0.25) is 0 Å². The highest BCUT2D eigenvalue weighted by Gasteiger charge is 2.15. The van der Waals surface area contributed by atoms with Gasteiger partial charge in [0, 0.05) is 23.4 Å². The predicted octanol–water partition coefficient (Wildman–Crippen LogP) is 4.35. The predicted molar refractivity (Wildman–Crippen MR) is 80.7 cm³/mol. The summed E-state index contributed by atoms with van der Waals surface area (Å²) in [6.45, 7) is 0. The van der Waals surface area contributed by atoms with Gasteiger partial charge in [-0.3, -0.25) is 9.59 Å². The first-order valence-corrected chi connectivity index (χ1v) is 7.43. The number of ketones is 1. The lowest BCUT2D eigenvalue weighted by Gasteiger charge is -1.95. The number of carbonyl (C=O) groups is 2. The smallest absolute Gasteiger partial charge is 0.303 e. The normalized spacial score (nSPS) is 11.0. The van der Waals surface area contributed by atoms with Gasteiger partial charge >= 0.3 is 5.97 Å². The van der Waals surface area contributed by atoms with Crippen LogP contribution in [0.2, 0.25) is 0 Å². The minimum Gasteiger partial charge on any atom is -0.481 e. The van der Waals surface area contributed by atoms with E-state index in [4.69, 9.17) is 9.52 Å². The van der Waals surface area contributed by atoms with Gasteiger partial charge in [0.25, 0.3) is 0 Å². The molecule has 0 fully saturated rings. The summed E-state index contributed by atoms with van der Waals surface area (Å²) < 4.78 is 18.5. The molecule has 0 saturated carbocycles. The van der Waals surface area contributed by atoms with E-state index in [9.17, 15) is 14.0 Å². The average Bonchev–Trinajstić information content (AvgIpc) is 3.10. The number of thiophene rings is 1. The van der Waals surface area contributed by atoms with Gasteiger partial charge in [0.05, 0.1) is 17.6 Å². The van der Waals surface area contributed by atoms with Crippen LogP contribution >= 0.6 is 11.3 Å². The molecule has 0 unspecified atom stereocenters. The van der Waals surface area contributed by atoms with Gasteiger partial charge in [0.15, 0.2) is 5.78 Å². The quantitative estimate of drug-likeness (QED) is 0.710. The summed E-state index contributed by atoms with van der Waals surface area (Å²) in [7, 11) is 0. The van der Waals surface area contributed by atoms with Crippen molar-refractivity contribution < 1.29 is 23.5 Å². The Hall–Kier alpha value is -2.47. The number of carboxylic acid groups (broad SMARTS) is 1. The summed E-state index contributed by atoms with van der Waals surface area (Å²) in [6.07, 6.45) is 1.32. The van der Waals surface area contributed by atoms with Crippen molar-refractivity contribution in [2.24, 2.45) is 0 Å². The largest absolute Gasteiger partial charge is 0.481 e. The molecule has 6 heteroatoms. The lowest BCUT2D eigenvalue weighted by Crippen LogP contribution is -2.01. The molecule has 0 bridgehead atoms. The van der Waals surface area contributed by atoms with Crippen LogP contribution < -0.4 is 0 Å². The maximum absolute atomic E-state index is 13.2. The number of benzene rings is 1. The number of carboxylic acids is 1. The van der Waals surface area contributed by atoms with E-state index < -0.39 is 5.97 Å². The third kappa shape index (κ3) is 2.78. The van der Waals surface area contributed by atoms with E-state index in [1.807, 2.05) is 5.38 Å². The summed E-state index contributed by atoms with van der Waals surface area (Å²) in [5, 5.41) is 11.2. The van der Waals surface area contributed by atoms with Crippen molar-refractivity contribution in [3.63, 3.8) is 0 Å². The molecule has 0 aliphatic rings. The minimum atomic E-state index is -0.993. The Balaban J connectivity index is 1.89. The lowest BCUT2D eigenvalue weighted by molar-refractivity contribution is -0.136. The summed E-state index contributed by atoms with van der Waals surface area (Å²) in [5.74, 6) is -1.56. The number of Topliss-reactive ketones (excluding diaryl/α,β-unsaturated/α-hetero) is 1. The molecular formula is C16H11FO4S. The van der Waals surface area contributed by atoms with E-state index in [0.29, 0.717) is 10.5 Å². The Morgan fingerprint density at radius 1 is 1.23 bits per heavy atom. The number of hydrogen-bond donors (Lipinski definition) is 1. The van der Waals surface area contributed by atoms with Crippen LogP contribution in [-0.2, 0) is 4.79 Å². The Kier molecular flexibility index (Phi) is 3.77. The number of aliphatic carboxylic acids is 1. The fourth-order valence-electron chi connectivity index (χ4n) is 2.19. The van der Waals surface area contributed by atoms with Crippen molar-refractivity contribution in [3.8, 4) is 11.1 Å². The van der Waals surface area contributed by atoms with E-state index in [0.717, 1.165) is 16.5 Å². The molecule has 0 radical (unpaired) electrons. The number of rotatable bonds is 5. The molecule has 0 atom stereocenters. The third-order valence-corrected chi connectivity index (χ3v) is 4.26. The second-order valence-corrected chi connectivity index (χ2v) is 5.72. The Morgan fingerprint density at radius 2 is 2.05 bits per heavy atom. The van der Waals surface area contributed by atoms with Crippen LogP contribution in [0, 0.1) is 5.82 Å². The van der Waals surface area contributed by atoms with Gasteiger partial charge in [-0.25, -0.2) is 4.39 Å². The van der Waals surface area contributed by atoms with Crippen LogP contribution in [0.5, 0.6) is 0 Å². The van der Waals surface area contributed by atoms with Crippen molar-refractivity contribution in [1.82, 2.24) is 0 Å². The Morgan fingerprint density at radius 3 is 2.82 bits per heavy atom. The van der Waals surface area contributed by atoms with Crippen molar-refractivity contribution in [2.75, 3.05) is 0 Å². The van der Waals surface area contributed by atoms with Gasteiger partial charge < -0.3 is 9.52 Å². The molecule has 2 heterocycles. The SMILES string of the molecule is O=C(O)CCC(=O)c1cc(-c2coc3cc(F)ccc23)cs1. The molecule has 4 nitrogen and oxygen atoms in total. The van der Waals surface area contributed by atoms with Crippen molar-refractivity contribution >= 4 is 34.1 Å². The van der Waals surface area contributed by atoms with E-state index in [1.165, 1.54) is 29.7 Å². The molecule has 0 saturated heterocycles. The monoisotopic (exact) mass is 318 g/mol. The van der Waals surface area contributed by atoms with Crippen molar-refractivity contribution in [2.45, 2.75) is 12.8 Å². The van der Waals surface area contributed by atoms with E-state index in [-0.39, 0.29) is 24.4 Å². The summed E-state index contributed by atoms with van der Waals surface area (Å²) >= 11 is 1.26. The lowest BCUT2D eigenvalue weighted by atomic mass is 10.1. The van der Waals surface area contributed by atoms with E-state index >= 15 is 0 Å². The van der Waals surface area contributed by atoms with E-state index in [1.54, 1.807) is 12.1 Å². The zero-order valence-electron chi connectivity index (χ0n) is 11.3. The van der Waals surface area contributed by atoms with Crippen LogP contribution in [0.1, 0.15) is 22.5 Å². The number of fused-ring (bicyclic) bond motifs is 1. The molecule has 0 aliphatic heterocycles. The van der Waals surface area contributed by atoms with Crippen LogP contribution in [0.15, 0.2) is 40.3 Å². The molecule has 3 rings (SSSR count). The molecule has 0 spiro atoms. The second kappa shape index (κ2) is 5.73. The molecular weight excluding hydrogens is 307 g/mol. The molecule has 1 N–H and O–H groups in total. The zero-order chi connectivity index (χ0) is 15.7. The Bertz CT molecular complexity index is 862. The van der Waals surface area contributed by atoms with Gasteiger partial charge in [0.1, 0.15) is 11.4 Å². The van der Waals surface area contributed by atoms with Gasteiger partial charge in [-0.1, -0.05) is 0 Å². The average molecular weight is 318 g/mol. The van der Waals surface area contributed by atoms with Crippen LogP contribution in [0.3, 0.4) is 0 Å². The first-order chi connectivity index (χ1) is 10.5. The molecule has 22 heavy (non-hydrogen) atoms. The molecule has 112 valence electrons. The topological polar surface area (TPSA) is 67.5 Å². The molecule has 3 aromatic rings. The molecule has 0 amide bonds. The van der Waals surface area contributed by atoms with E-state index in [2.05, 4.69) is 0 Å². The van der Waals surface area contributed by atoms with Gasteiger partial charge in [-0.05, 0) is 29.1 Å². The Labute approximate surface area is 128 Å². The zero-order valence-corrected chi connectivity index (χ0v) is 12.2.